The Hall–Kier alpha value is -1.22. The summed E-state index contributed by atoms with van der Waals surface area (Å²) >= 11 is 0. The highest BCUT2D eigenvalue weighted by Gasteiger charge is 2.04. The minimum atomic E-state index is 0.132. The van der Waals surface area contributed by atoms with Crippen LogP contribution in [0.15, 0.2) is 18.2 Å². The molecule has 1 unspecified atom stereocenters. The summed E-state index contributed by atoms with van der Waals surface area (Å²) in [4.78, 5) is 0. The van der Waals surface area contributed by atoms with E-state index >= 15 is 0 Å². The molecule has 0 heterocycles. The van der Waals surface area contributed by atoms with E-state index in [-0.39, 0.29) is 12.5 Å². The van der Waals surface area contributed by atoms with Gasteiger partial charge in [0.25, 0.3) is 0 Å². The molecule has 84 valence electrons. The molecular formula is C12H19NO2. The first-order chi connectivity index (χ1) is 7.17. The summed E-state index contributed by atoms with van der Waals surface area (Å²) in [5.41, 5.74) is 7.71. The fraction of sp³-hybridized carbons (Fsp3) is 0.500. The number of aryl methyl sites for hydroxylation is 1. The van der Waals surface area contributed by atoms with Crippen molar-refractivity contribution in [2.24, 2.45) is 5.92 Å². The maximum atomic E-state index is 8.85. The summed E-state index contributed by atoms with van der Waals surface area (Å²) in [7, 11) is 0. The molecule has 0 fully saturated rings. The monoisotopic (exact) mass is 209 g/mol. The van der Waals surface area contributed by atoms with E-state index in [1.165, 1.54) is 5.56 Å². The van der Waals surface area contributed by atoms with Crippen LogP contribution in [0, 0.1) is 5.92 Å². The van der Waals surface area contributed by atoms with Gasteiger partial charge in [0.05, 0.1) is 12.3 Å². The fourth-order valence-electron chi connectivity index (χ4n) is 1.23. The van der Waals surface area contributed by atoms with Gasteiger partial charge in [-0.3, -0.25) is 0 Å². The Morgan fingerprint density at radius 1 is 1.47 bits per heavy atom. The van der Waals surface area contributed by atoms with Gasteiger partial charge in [-0.2, -0.15) is 0 Å². The topological polar surface area (TPSA) is 55.5 Å². The van der Waals surface area contributed by atoms with Crippen molar-refractivity contribution < 1.29 is 9.84 Å². The number of benzene rings is 1. The van der Waals surface area contributed by atoms with Gasteiger partial charge < -0.3 is 15.6 Å². The molecule has 0 aromatic heterocycles. The number of nitrogens with two attached hydrogens (primary N) is 1. The Morgan fingerprint density at radius 3 is 2.73 bits per heavy atom. The van der Waals surface area contributed by atoms with E-state index in [1.807, 2.05) is 25.1 Å². The lowest BCUT2D eigenvalue weighted by molar-refractivity contribution is 0.175. The molecule has 0 amide bonds. The summed E-state index contributed by atoms with van der Waals surface area (Å²) in [5, 5.41) is 8.85. The Bertz CT molecular complexity index is 312. The molecule has 3 nitrogen and oxygen atoms in total. The van der Waals surface area contributed by atoms with E-state index in [1.54, 1.807) is 0 Å². The lowest BCUT2D eigenvalue weighted by Crippen LogP contribution is -2.12. The van der Waals surface area contributed by atoms with Crippen LogP contribution in [0.25, 0.3) is 0 Å². The van der Waals surface area contributed by atoms with Crippen LogP contribution in [0.5, 0.6) is 5.75 Å². The van der Waals surface area contributed by atoms with E-state index in [9.17, 15) is 0 Å². The van der Waals surface area contributed by atoms with E-state index in [4.69, 9.17) is 15.6 Å². The number of nitrogen functional groups attached to an aromatic ring is 1. The molecule has 0 radical (unpaired) electrons. The summed E-state index contributed by atoms with van der Waals surface area (Å²) in [6, 6.07) is 5.83. The zero-order valence-electron chi connectivity index (χ0n) is 9.36. The van der Waals surface area contributed by atoms with Gasteiger partial charge in [0.1, 0.15) is 5.75 Å². The van der Waals surface area contributed by atoms with Crippen molar-refractivity contribution in [2.45, 2.75) is 20.3 Å². The highest BCUT2D eigenvalue weighted by Crippen LogP contribution is 2.23. The molecule has 0 saturated carbocycles. The summed E-state index contributed by atoms with van der Waals surface area (Å²) in [5.74, 6) is 0.836. The van der Waals surface area contributed by atoms with Crippen LogP contribution >= 0.6 is 0 Å². The van der Waals surface area contributed by atoms with E-state index in [0.29, 0.717) is 18.0 Å². The van der Waals surface area contributed by atoms with Crippen molar-refractivity contribution in [1.82, 2.24) is 0 Å². The van der Waals surface area contributed by atoms with Gasteiger partial charge in [-0.05, 0) is 24.1 Å². The van der Waals surface area contributed by atoms with Gasteiger partial charge in [0.2, 0.25) is 0 Å². The number of aliphatic hydroxyl groups is 1. The molecule has 1 aromatic rings. The van der Waals surface area contributed by atoms with E-state index in [2.05, 4.69) is 6.92 Å². The molecule has 0 saturated heterocycles. The fourth-order valence-corrected chi connectivity index (χ4v) is 1.23. The molecule has 0 bridgehead atoms. The highest BCUT2D eigenvalue weighted by atomic mass is 16.5. The molecule has 3 N–H and O–H groups in total. The number of hydrogen-bond acceptors (Lipinski definition) is 3. The second-order valence-electron chi connectivity index (χ2n) is 3.82. The van der Waals surface area contributed by atoms with Crippen molar-refractivity contribution >= 4 is 5.69 Å². The largest absolute Gasteiger partial charge is 0.491 e. The smallest absolute Gasteiger partial charge is 0.142 e. The lowest BCUT2D eigenvalue weighted by atomic mass is 10.1. The third-order valence-corrected chi connectivity index (χ3v) is 2.32. The van der Waals surface area contributed by atoms with Crippen LogP contribution in [-0.2, 0) is 6.42 Å². The quantitative estimate of drug-likeness (QED) is 0.727. The second-order valence-corrected chi connectivity index (χ2v) is 3.82. The average molecular weight is 209 g/mol. The molecule has 0 spiro atoms. The second kappa shape index (κ2) is 5.61. The van der Waals surface area contributed by atoms with Gasteiger partial charge in [-0.25, -0.2) is 0 Å². The minimum absolute atomic E-state index is 0.132. The van der Waals surface area contributed by atoms with Crippen LogP contribution in [-0.4, -0.2) is 18.3 Å². The van der Waals surface area contributed by atoms with E-state index < -0.39 is 0 Å². The predicted octanol–water partition coefficient (Wildman–Crippen LogP) is 1.84. The van der Waals surface area contributed by atoms with Gasteiger partial charge >= 0.3 is 0 Å². The minimum Gasteiger partial charge on any atom is -0.491 e. The molecule has 1 atom stereocenters. The molecule has 3 heteroatoms. The van der Waals surface area contributed by atoms with Gasteiger partial charge in [0, 0.05) is 12.5 Å². The molecule has 0 aliphatic heterocycles. The molecule has 0 aliphatic carbocycles. The first kappa shape index (κ1) is 11.9. The van der Waals surface area contributed by atoms with Crippen molar-refractivity contribution in [3.8, 4) is 5.75 Å². The molecule has 1 rings (SSSR count). The standard InChI is InChI=1S/C12H19NO2/c1-3-10-4-5-12(11(13)6-10)15-8-9(2)7-14/h4-6,9,14H,3,7-8,13H2,1-2H3. The summed E-state index contributed by atoms with van der Waals surface area (Å²) in [6.45, 7) is 4.64. The Kier molecular flexibility index (Phi) is 4.43. The molecule has 1 aromatic carbocycles. The lowest BCUT2D eigenvalue weighted by Gasteiger charge is -2.12. The van der Waals surface area contributed by atoms with Gasteiger partial charge in [-0.15, -0.1) is 0 Å². The van der Waals surface area contributed by atoms with Gasteiger partial charge in [0.15, 0.2) is 0 Å². The van der Waals surface area contributed by atoms with Crippen molar-refractivity contribution in [3.05, 3.63) is 23.8 Å². The maximum absolute atomic E-state index is 8.85. The number of ether oxygens (including phenoxy) is 1. The first-order valence-corrected chi connectivity index (χ1v) is 5.29. The van der Waals surface area contributed by atoms with E-state index in [0.717, 1.165) is 6.42 Å². The highest BCUT2D eigenvalue weighted by molar-refractivity contribution is 5.54. The van der Waals surface area contributed by atoms with Crippen LogP contribution in [0.4, 0.5) is 5.69 Å². The SMILES string of the molecule is CCc1ccc(OCC(C)CO)c(N)c1. The normalized spacial score (nSPS) is 12.5. The van der Waals surface area contributed by atoms with Crippen LogP contribution in [0.2, 0.25) is 0 Å². The number of aliphatic hydroxyl groups excluding tert-OH is 1. The van der Waals surface area contributed by atoms with Crippen molar-refractivity contribution in [2.75, 3.05) is 18.9 Å². The summed E-state index contributed by atoms with van der Waals surface area (Å²) in [6.07, 6.45) is 0.970. The third kappa shape index (κ3) is 3.44. The predicted molar refractivity (Wildman–Crippen MR) is 62.0 cm³/mol. The maximum Gasteiger partial charge on any atom is 0.142 e. The molecule has 15 heavy (non-hydrogen) atoms. The summed E-state index contributed by atoms with van der Waals surface area (Å²) < 4.78 is 5.50. The average Bonchev–Trinajstić information content (AvgIpc) is 2.26. The number of hydrogen-bond donors (Lipinski definition) is 2. The number of anilines is 1. The zero-order chi connectivity index (χ0) is 11.3. The Balaban J connectivity index is 2.62. The number of rotatable bonds is 5. The van der Waals surface area contributed by atoms with Crippen LogP contribution in [0.1, 0.15) is 19.4 Å². The van der Waals surface area contributed by atoms with Crippen molar-refractivity contribution in [3.63, 3.8) is 0 Å². The van der Waals surface area contributed by atoms with Gasteiger partial charge in [-0.1, -0.05) is 19.9 Å². The molecular weight excluding hydrogens is 190 g/mol. The Labute approximate surface area is 90.9 Å². The molecule has 0 aliphatic rings. The van der Waals surface area contributed by atoms with Crippen molar-refractivity contribution in [1.29, 1.82) is 0 Å². The zero-order valence-corrected chi connectivity index (χ0v) is 9.36. The third-order valence-electron chi connectivity index (χ3n) is 2.32. The first-order valence-electron chi connectivity index (χ1n) is 5.29. The Morgan fingerprint density at radius 2 is 2.20 bits per heavy atom. The van der Waals surface area contributed by atoms with Crippen LogP contribution < -0.4 is 10.5 Å². The van der Waals surface area contributed by atoms with Crippen LogP contribution in [0.3, 0.4) is 0 Å².